The second-order valence-electron chi connectivity index (χ2n) is 4.11. The van der Waals surface area contributed by atoms with E-state index in [2.05, 4.69) is 10.2 Å². The van der Waals surface area contributed by atoms with E-state index in [-0.39, 0.29) is 17.5 Å². The fraction of sp³-hybridized carbons (Fsp3) is 0.700. The molecule has 0 aromatic carbocycles. The molecule has 1 fully saturated rings. The largest absolute Gasteiger partial charge is 0.461 e. The van der Waals surface area contributed by atoms with Crippen molar-refractivity contribution in [3.63, 3.8) is 0 Å². The van der Waals surface area contributed by atoms with E-state index in [0.29, 0.717) is 0 Å². The van der Waals surface area contributed by atoms with Crippen LogP contribution in [0.3, 0.4) is 0 Å². The number of carbonyl (C=O) groups is 1. The number of esters is 1. The number of hydrogen-bond acceptors (Lipinski definition) is 8. The Kier molecular flexibility index (Phi) is 4.55. The lowest BCUT2D eigenvalue weighted by Crippen LogP contribution is -2.33. The van der Waals surface area contributed by atoms with Gasteiger partial charge in [0, 0.05) is 0 Å². The van der Waals surface area contributed by atoms with Crippen molar-refractivity contribution < 1.29 is 29.6 Å². The molecule has 2 rings (SSSR count). The van der Waals surface area contributed by atoms with Crippen molar-refractivity contribution in [3.8, 4) is 0 Å². The predicted molar refractivity (Wildman–Crippen MR) is 64.0 cm³/mol. The number of rotatable bonds is 4. The molecule has 2 heterocycles. The van der Waals surface area contributed by atoms with Crippen LogP contribution in [0.25, 0.3) is 0 Å². The molecular formula is C10H14ClN3O6. The second kappa shape index (κ2) is 6.02. The van der Waals surface area contributed by atoms with E-state index < -0.39 is 37.1 Å². The van der Waals surface area contributed by atoms with Crippen LogP contribution < -0.4 is 0 Å². The molecule has 0 bridgehead atoms. The van der Waals surface area contributed by atoms with Crippen LogP contribution >= 0.6 is 11.6 Å². The highest BCUT2D eigenvalue weighted by molar-refractivity contribution is 6.32. The van der Waals surface area contributed by atoms with E-state index >= 15 is 0 Å². The minimum Gasteiger partial charge on any atom is -0.461 e. The molecule has 1 aliphatic rings. The van der Waals surface area contributed by atoms with E-state index in [0.717, 1.165) is 4.80 Å². The summed E-state index contributed by atoms with van der Waals surface area (Å²) >= 11 is 5.76. The number of carbonyl (C=O) groups excluding carboxylic acids is 1. The number of ether oxygens (including phenoxy) is 2. The van der Waals surface area contributed by atoms with Gasteiger partial charge >= 0.3 is 5.97 Å². The van der Waals surface area contributed by atoms with Crippen LogP contribution in [0.5, 0.6) is 0 Å². The summed E-state index contributed by atoms with van der Waals surface area (Å²) < 4.78 is 9.95. The first-order chi connectivity index (χ1) is 9.49. The van der Waals surface area contributed by atoms with Gasteiger partial charge in [0.05, 0.1) is 13.2 Å². The lowest BCUT2D eigenvalue weighted by atomic mass is 10.1. The second-order valence-corrected chi connectivity index (χ2v) is 4.47. The molecule has 1 aromatic rings. The molecule has 0 saturated carbocycles. The van der Waals surface area contributed by atoms with Gasteiger partial charge in [0.15, 0.2) is 11.4 Å². The molecule has 1 saturated heterocycles. The lowest BCUT2D eigenvalue weighted by molar-refractivity contribution is -0.0656. The molecule has 1 aromatic heterocycles. The zero-order valence-electron chi connectivity index (χ0n) is 10.5. The Morgan fingerprint density at radius 2 is 2.15 bits per heavy atom. The van der Waals surface area contributed by atoms with Crippen molar-refractivity contribution in [2.45, 2.75) is 31.5 Å². The van der Waals surface area contributed by atoms with Crippen LogP contribution in [0, 0.1) is 0 Å². The Morgan fingerprint density at radius 3 is 2.70 bits per heavy atom. The fourth-order valence-electron chi connectivity index (χ4n) is 1.81. The van der Waals surface area contributed by atoms with Crippen LogP contribution in [0.4, 0.5) is 0 Å². The minimum absolute atomic E-state index is 0.149. The van der Waals surface area contributed by atoms with E-state index in [1.165, 1.54) is 0 Å². The summed E-state index contributed by atoms with van der Waals surface area (Å²) in [6.07, 6.45) is -4.76. The summed E-state index contributed by atoms with van der Waals surface area (Å²) in [7, 11) is 0. The zero-order chi connectivity index (χ0) is 14.9. The maximum absolute atomic E-state index is 11.5. The minimum atomic E-state index is -1.36. The molecule has 10 heteroatoms. The summed E-state index contributed by atoms with van der Waals surface area (Å²) in [5.41, 5.74) is -0.216. The SMILES string of the molecule is CCOC(=O)c1nn([C@@H]2O[C@H](CO)[C@@H](O)[C@H]2O)nc1Cl. The highest BCUT2D eigenvalue weighted by Crippen LogP contribution is 2.29. The van der Waals surface area contributed by atoms with E-state index in [4.69, 9.17) is 26.2 Å². The van der Waals surface area contributed by atoms with Crippen molar-refractivity contribution in [1.29, 1.82) is 0 Å². The summed E-state index contributed by atoms with van der Waals surface area (Å²) in [6.45, 7) is 1.30. The average molecular weight is 308 g/mol. The normalized spacial score (nSPS) is 29.6. The molecule has 0 spiro atoms. The first-order valence-electron chi connectivity index (χ1n) is 5.91. The van der Waals surface area contributed by atoms with Crippen molar-refractivity contribution in [1.82, 2.24) is 15.0 Å². The number of nitrogens with zero attached hydrogens (tertiary/aromatic N) is 3. The highest BCUT2D eigenvalue weighted by Gasteiger charge is 2.45. The first kappa shape index (κ1) is 15.1. The molecule has 0 radical (unpaired) electrons. The van der Waals surface area contributed by atoms with Gasteiger partial charge in [0.2, 0.25) is 5.69 Å². The van der Waals surface area contributed by atoms with Gasteiger partial charge in [-0.1, -0.05) is 11.6 Å². The van der Waals surface area contributed by atoms with Gasteiger partial charge in [-0.15, -0.1) is 15.0 Å². The Hall–Kier alpha value is -1.26. The first-order valence-corrected chi connectivity index (χ1v) is 6.29. The topological polar surface area (TPSA) is 127 Å². The zero-order valence-corrected chi connectivity index (χ0v) is 11.3. The van der Waals surface area contributed by atoms with Gasteiger partial charge in [0.25, 0.3) is 0 Å². The Morgan fingerprint density at radius 1 is 1.45 bits per heavy atom. The predicted octanol–water partition coefficient (Wildman–Crippen LogP) is -1.28. The Balaban J connectivity index is 2.22. The van der Waals surface area contributed by atoms with Crippen LogP contribution in [0.2, 0.25) is 5.15 Å². The van der Waals surface area contributed by atoms with Gasteiger partial charge in [-0.05, 0) is 6.92 Å². The monoisotopic (exact) mass is 307 g/mol. The van der Waals surface area contributed by atoms with Crippen molar-refractivity contribution in [2.24, 2.45) is 0 Å². The third-order valence-electron chi connectivity index (χ3n) is 2.80. The Bertz CT molecular complexity index is 495. The Labute approximate surface area is 118 Å². The quantitative estimate of drug-likeness (QED) is 0.587. The molecule has 3 N–H and O–H groups in total. The summed E-state index contributed by atoms with van der Waals surface area (Å²) in [5.74, 6) is -0.754. The van der Waals surface area contributed by atoms with Gasteiger partial charge in [-0.25, -0.2) is 4.79 Å². The van der Waals surface area contributed by atoms with E-state index in [1.807, 2.05) is 0 Å². The van der Waals surface area contributed by atoms with Crippen molar-refractivity contribution >= 4 is 17.6 Å². The number of aromatic nitrogens is 3. The van der Waals surface area contributed by atoms with Crippen LogP contribution in [-0.4, -0.2) is 67.8 Å². The molecule has 4 atom stereocenters. The van der Waals surface area contributed by atoms with Crippen LogP contribution in [-0.2, 0) is 9.47 Å². The molecule has 1 aliphatic heterocycles. The third-order valence-corrected chi connectivity index (χ3v) is 3.06. The maximum Gasteiger partial charge on any atom is 0.362 e. The molecule has 0 aliphatic carbocycles. The van der Waals surface area contributed by atoms with Gasteiger partial charge in [-0.2, -0.15) is 0 Å². The van der Waals surface area contributed by atoms with E-state index in [1.54, 1.807) is 6.92 Å². The molecule has 20 heavy (non-hydrogen) atoms. The molecule has 9 nitrogen and oxygen atoms in total. The maximum atomic E-state index is 11.5. The molecule has 0 unspecified atom stereocenters. The van der Waals surface area contributed by atoms with Gasteiger partial charge in [0.1, 0.15) is 18.3 Å². The fourth-order valence-corrected chi connectivity index (χ4v) is 2.00. The number of aliphatic hydroxyl groups excluding tert-OH is 3. The van der Waals surface area contributed by atoms with Gasteiger partial charge < -0.3 is 24.8 Å². The smallest absolute Gasteiger partial charge is 0.362 e. The third kappa shape index (κ3) is 2.63. The highest BCUT2D eigenvalue weighted by atomic mass is 35.5. The number of halogens is 1. The molecule has 112 valence electrons. The number of hydrogen-bond donors (Lipinski definition) is 3. The van der Waals surface area contributed by atoms with Crippen molar-refractivity contribution in [3.05, 3.63) is 10.8 Å². The van der Waals surface area contributed by atoms with Crippen LogP contribution in [0.1, 0.15) is 23.6 Å². The number of aliphatic hydroxyl groups is 3. The van der Waals surface area contributed by atoms with Crippen molar-refractivity contribution in [2.75, 3.05) is 13.2 Å². The summed E-state index contributed by atoms with van der Waals surface area (Å²) in [6, 6.07) is 0. The summed E-state index contributed by atoms with van der Waals surface area (Å²) in [4.78, 5) is 12.4. The summed E-state index contributed by atoms with van der Waals surface area (Å²) in [5, 5.41) is 35.7. The standard InChI is InChI=1S/C10H14ClN3O6/c1-2-19-10(18)5-8(11)13-14(12-5)9-7(17)6(16)4(3-15)20-9/h4,6-7,9,15-17H,2-3H2,1H3/t4-,6-,7-,9-/m1/s1. The van der Waals surface area contributed by atoms with Crippen LogP contribution in [0.15, 0.2) is 0 Å². The molecular weight excluding hydrogens is 294 g/mol. The average Bonchev–Trinajstić information content (AvgIpc) is 2.92. The lowest BCUT2D eigenvalue weighted by Gasteiger charge is -2.12. The molecule has 0 amide bonds. The van der Waals surface area contributed by atoms with Gasteiger partial charge in [-0.3, -0.25) is 0 Å². The van der Waals surface area contributed by atoms with E-state index in [9.17, 15) is 15.0 Å².